The number of hydrogen-bond donors (Lipinski definition) is 2. The molecule has 5 nitrogen and oxygen atoms in total. The molecule has 0 aliphatic heterocycles. The van der Waals surface area contributed by atoms with E-state index >= 15 is 0 Å². The summed E-state index contributed by atoms with van der Waals surface area (Å²) in [4.78, 5) is 22.7. The maximum atomic E-state index is 12.3. The number of carboxylic acids is 1. The average Bonchev–Trinajstić information content (AvgIpc) is 2.54. The third-order valence-corrected chi connectivity index (χ3v) is 3.66. The highest BCUT2D eigenvalue weighted by molar-refractivity contribution is 5.91. The predicted molar refractivity (Wildman–Crippen MR) is 92.3 cm³/mol. The normalized spacial score (nSPS) is 10.9. The summed E-state index contributed by atoms with van der Waals surface area (Å²) in [6, 6.07) is 16.5. The number of carboxylic acid groups (broad SMARTS) is 1. The van der Waals surface area contributed by atoms with Crippen LogP contribution in [-0.4, -0.2) is 23.6 Å². The largest absolute Gasteiger partial charge is 0.482 e. The Hall–Kier alpha value is -2.82. The summed E-state index contributed by atoms with van der Waals surface area (Å²) in [6.07, 6.45) is 0.355. The van der Waals surface area contributed by atoms with Crippen LogP contribution >= 0.6 is 0 Å². The third kappa shape index (κ3) is 5.12. The smallest absolute Gasteiger partial charge is 0.341 e. The number of rotatable bonds is 7. The summed E-state index contributed by atoms with van der Waals surface area (Å²) in [5.74, 6) is -0.668. The Bertz CT molecular complexity index is 693. The van der Waals surface area contributed by atoms with Crippen LogP contribution in [0, 0.1) is 0 Å². The molecule has 0 saturated heterocycles. The van der Waals surface area contributed by atoms with Crippen molar-refractivity contribution < 1.29 is 19.4 Å². The Balaban J connectivity index is 1.93. The highest BCUT2D eigenvalue weighted by atomic mass is 16.5. The Morgan fingerprint density at radius 1 is 1.04 bits per heavy atom. The van der Waals surface area contributed by atoms with Gasteiger partial charge in [-0.15, -0.1) is 0 Å². The van der Waals surface area contributed by atoms with Crippen LogP contribution in [0.1, 0.15) is 25.8 Å². The molecule has 2 aromatic rings. The molecule has 0 atom stereocenters. The number of carbonyl (C=O) groups is 2. The van der Waals surface area contributed by atoms with E-state index in [-0.39, 0.29) is 11.3 Å². The third-order valence-electron chi connectivity index (χ3n) is 3.66. The fourth-order valence-corrected chi connectivity index (χ4v) is 2.38. The molecule has 0 fully saturated rings. The fourth-order valence-electron chi connectivity index (χ4n) is 2.38. The summed E-state index contributed by atoms with van der Waals surface area (Å²) in [6.45, 7) is 3.67. The van der Waals surface area contributed by atoms with Gasteiger partial charge < -0.3 is 15.2 Å². The van der Waals surface area contributed by atoms with Gasteiger partial charge in [-0.05, 0) is 35.2 Å². The first-order valence-corrected chi connectivity index (χ1v) is 7.67. The summed E-state index contributed by atoms with van der Waals surface area (Å²) < 4.78 is 5.05. The lowest BCUT2D eigenvalue weighted by Crippen LogP contribution is -2.25. The molecule has 2 N–H and O–H groups in total. The minimum atomic E-state index is -1.03. The van der Waals surface area contributed by atoms with Crippen molar-refractivity contribution in [2.24, 2.45) is 0 Å². The minimum Gasteiger partial charge on any atom is -0.482 e. The zero-order valence-corrected chi connectivity index (χ0v) is 13.8. The average molecular weight is 327 g/mol. The molecule has 0 unspecified atom stereocenters. The van der Waals surface area contributed by atoms with Gasteiger partial charge in [-0.3, -0.25) is 4.79 Å². The number of hydrogen-bond acceptors (Lipinski definition) is 3. The Kier molecular flexibility index (Phi) is 5.58. The number of carbonyl (C=O) groups excluding carboxylic acids is 1. The summed E-state index contributed by atoms with van der Waals surface area (Å²) in [5, 5.41) is 11.4. The van der Waals surface area contributed by atoms with Crippen LogP contribution in [0.3, 0.4) is 0 Å². The van der Waals surface area contributed by atoms with Crippen molar-refractivity contribution in [3.8, 4) is 5.75 Å². The molecule has 0 saturated carbocycles. The van der Waals surface area contributed by atoms with Crippen LogP contribution in [0.25, 0.3) is 0 Å². The summed E-state index contributed by atoms with van der Waals surface area (Å²) >= 11 is 0. The van der Waals surface area contributed by atoms with E-state index in [1.54, 1.807) is 24.3 Å². The first-order valence-electron chi connectivity index (χ1n) is 7.67. The van der Waals surface area contributed by atoms with Crippen LogP contribution in [0.4, 0.5) is 5.69 Å². The molecule has 0 spiro atoms. The van der Waals surface area contributed by atoms with Gasteiger partial charge in [0.05, 0.1) is 0 Å². The van der Waals surface area contributed by atoms with Crippen molar-refractivity contribution in [1.82, 2.24) is 0 Å². The van der Waals surface area contributed by atoms with Gasteiger partial charge in [-0.1, -0.05) is 44.2 Å². The number of amides is 1. The number of nitrogens with one attached hydrogen (secondary N) is 1. The molecular formula is C19H21NO4. The van der Waals surface area contributed by atoms with Crippen molar-refractivity contribution in [1.29, 1.82) is 0 Å². The zero-order chi connectivity index (χ0) is 17.6. The van der Waals surface area contributed by atoms with E-state index in [9.17, 15) is 9.59 Å². The van der Waals surface area contributed by atoms with E-state index in [0.29, 0.717) is 17.9 Å². The predicted octanol–water partition coefficient (Wildman–Crippen LogP) is 3.46. The Morgan fingerprint density at radius 3 is 2.25 bits per heavy atom. The van der Waals surface area contributed by atoms with Gasteiger partial charge in [-0.25, -0.2) is 4.79 Å². The molecule has 0 aliphatic carbocycles. The first-order chi connectivity index (χ1) is 11.4. The quantitative estimate of drug-likeness (QED) is 0.816. The molecule has 1 amide bonds. The van der Waals surface area contributed by atoms with Gasteiger partial charge in [0.1, 0.15) is 5.75 Å². The number of anilines is 1. The van der Waals surface area contributed by atoms with E-state index in [0.717, 1.165) is 5.56 Å². The highest BCUT2D eigenvalue weighted by Gasteiger charge is 2.24. The lowest BCUT2D eigenvalue weighted by atomic mass is 9.81. The van der Waals surface area contributed by atoms with E-state index in [1.165, 1.54) is 0 Å². The maximum absolute atomic E-state index is 12.3. The number of aliphatic carboxylic acids is 1. The van der Waals surface area contributed by atoms with Gasteiger partial charge in [0.15, 0.2) is 6.61 Å². The molecule has 24 heavy (non-hydrogen) atoms. The lowest BCUT2D eigenvalue weighted by molar-refractivity contribution is -0.139. The van der Waals surface area contributed by atoms with Crippen LogP contribution in [0.5, 0.6) is 5.75 Å². The fraction of sp³-hybridized carbons (Fsp3) is 0.263. The lowest BCUT2D eigenvalue weighted by Gasteiger charge is -2.24. The van der Waals surface area contributed by atoms with E-state index in [2.05, 4.69) is 5.32 Å². The van der Waals surface area contributed by atoms with Crippen molar-refractivity contribution in [3.63, 3.8) is 0 Å². The standard InChI is InChI=1S/C19H21NO4/c1-19(2,14-6-4-3-5-7-14)12-17(21)20-15-8-10-16(11-9-15)24-13-18(22)23/h3-11H,12-13H2,1-2H3,(H,20,21)(H,22,23). The molecule has 126 valence electrons. The SMILES string of the molecule is CC(C)(CC(=O)Nc1ccc(OCC(=O)O)cc1)c1ccccc1. The second-order valence-electron chi connectivity index (χ2n) is 6.18. The molecular weight excluding hydrogens is 306 g/mol. The molecule has 0 aromatic heterocycles. The van der Waals surface area contributed by atoms with Crippen molar-refractivity contribution in [2.75, 3.05) is 11.9 Å². The van der Waals surface area contributed by atoms with Gasteiger partial charge in [0.25, 0.3) is 0 Å². The minimum absolute atomic E-state index is 0.0805. The van der Waals surface area contributed by atoms with Crippen molar-refractivity contribution >= 4 is 17.6 Å². The molecule has 0 heterocycles. The molecule has 2 rings (SSSR count). The van der Waals surface area contributed by atoms with Crippen LogP contribution < -0.4 is 10.1 Å². The van der Waals surface area contributed by atoms with E-state index in [4.69, 9.17) is 9.84 Å². The van der Waals surface area contributed by atoms with E-state index in [1.807, 2.05) is 44.2 Å². The summed E-state index contributed by atoms with van der Waals surface area (Å²) in [5.41, 5.74) is 1.49. The summed E-state index contributed by atoms with van der Waals surface area (Å²) in [7, 11) is 0. The molecule has 2 aromatic carbocycles. The highest BCUT2D eigenvalue weighted by Crippen LogP contribution is 2.27. The first kappa shape index (κ1) is 17.5. The second kappa shape index (κ2) is 7.64. The van der Waals surface area contributed by atoms with Gasteiger partial charge in [0.2, 0.25) is 5.91 Å². The number of benzene rings is 2. The molecule has 0 aliphatic rings. The Morgan fingerprint density at radius 2 is 1.67 bits per heavy atom. The van der Waals surface area contributed by atoms with Gasteiger partial charge in [0, 0.05) is 12.1 Å². The van der Waals surface area contributed by atoms with Gasteiger partial charge >= 0.3 is 5.97 Å². The molecule has 0 bridgehead atoms. The van der Waals surface area contributed by atoms with Crippen LogP contribution in [0.15, 0.2) is 54.6 Å². The van der Waals surface area contributed by atoms with Crippen LogP contribution in [0.2, 0.25) is 0 Å². The second-order valence-corrected chi connectivity index (χ2v) is 6.18. The van der Waals surface area contributed by atoms with Crippen LogP contribution in [-0.2, 0) is 15.0 Å². The van der Waals surface area contributed by atoms with Gasteiger partial charge in [-0.2, -0.15) is 0 Å². The van der Waals surface area contributed by atoms with Crippen molar-refractivity contribution in [3.05, 3.63) is 60.2 Å². The Labute approximate surface area is 141 Å². The monoisotopic (exact) mass is 327 g/mol. The van der Waals surface area contributed by atoms with E-state index < -0.39 is 12.6 Å². The number of ether oxygens (including phenoxy) is 1. The zero-order valence-electron chi connectivity index (χ0n) is 13.8. The topological polar surface area (TPSA) is 75.6 Å². The molecule has 0 radical (unpaired) electrons. The molecule has 5 heteroatoms. The van der Waals surface area contributed by atoms with Crippen molar-refractivity contribution in [2.45, 2.75) is 25.7 Å². The maximum Gasteiger partial charge on any atom is 0.341 e.